The van der Waals surface area contributed by atoms with Crippen molar-refractivity contribution >= 4 is 28.9 Å². The Bertz CT molecular complexity index is 1130. The molecule has 0 atom stereocenters. The third kappa shape index (κ3) is 3.19. The summed E-state index contributed by atoms with van der Waals surface area (Å²) in [7, 11) is 0. The number of hydrogen-bond donors (Lipinski definition) is 1. The van der Waals surface area contributed by atoms with Gasteiger partial charge in [0.2, 0.25) is 16.6 Å². The Kier molecular flexibility index (Phi) is 4.63. The Hall–Kier alpha value is -3.14. The van der Waals surface area contributed by atoms with E-state index in [1.165, 1.54) is 5.70 Å². The van der Waals surface area contributed by atoms with Crippen LogP contribution in [0, 0.1) is 0 Å². The molecule has 0 bridgehead atoms. The summed E-state index contributed by atoms with van der Waals surface area (Å²) in [6, 6.07) is 16.3. The quantitative estimate of drug-likeness (QED) is 0.576. The number of nitrogens with two attached hydrogens (primary N) is 1. The minimum absolute atomic E-state index is 0.744. The number of benzene rings is 2. The van der Waals surface area contributed by atoms with Crippen LogP contribution in [0.25, 0.3) is 28.9 Å². The van der Waals surface area contributed by atoms with Gasteiger partial charge in [0.25, 0.3) is 0 Å². The molecule has 1 aliphatic carbocycles. The first-order valence-corrected chi connectivity index (χ1v) is 9.54. The zero-order valence-electron chi connectivity index (χ0n) is 15.9. The Morgan fingerprint density at radius 1 is 1.04 bits per heavy atom. The summed E-state index contributed by atoms with van der Waals surface area (Å²) in [5, 5.41) is 2.09. The van der Waals surface area contributed by atoms with Gasteiger partial charge in [0, 0.05) is 49.1 Å². The number of aromatic nitrogens is 2. The highest BCUT2D eigenvalue weighted by atomic mass is 15.1. The number of fused-ring (bicyclic) bond motifs is 2. The van der Waals surface area contributed by atoms with Crippen molar-refractivity contribution in [2.75, 3.05) is 18.8 Å². The second kappa shape index (κ2) is 7.23. The summed E-state index contributed by atoms with van der Waals surface area (Å²) in [5.74, 6) is 0. The lowest BCUT2D eigenvalue weighted by Gasteiger charge is -2.22. The van der Waals surface area contributed by atoms with Crippen molar-refractivity contribution in [1.82, 2.24) is 9.88 Å². The van der Waals surface area contributed by atoms with E-state index >= 15 is 0 Å². The van der Waals surface area contributed by atoms with Crippen LogP contribution in [0.4, 0.5) is 5.69 Å². The highest BCUT2D eigenvalue weighted by Gasteiger charge is 2.18. The molecule has 0 radical (unpaired) electrons. The Morgan fingerprint density at radius 2 is 1.81 bits per heavy atom. The van der Waals surface area contributed by atoms with E-state index in [4.69, 9.17) is 10.7 Å². The molecule has 1 heterocycles. The van der Waals surface area contributed by atoms with Gasteiger partial charge in [-0.25, -0.2) is 4.98 Å². The Morgan fingerprint density at radius 3 is 2.56 bits per heavy atom. The lowest BCUT2D eigenvalue weighted by Crippen LogP contribution is -2.57. The standard InChI is InChI=1S/C23H24N4/c1-3-26(4-2)18-11-14-20-22(15-12-18)27(19-8-6-5-7-9-19)23-16-17(24)10-13-21(23)25-20/h5-11,13-16,24H,3-4,12H2,1-2H3/p+1. The molecule has 0 fully saturated rings. The van der Waals surface area contributed by atoms with Crippen LogP contribution in [0.3, 0.4) is 0 Å². The first kappa shape index (κ1) is 17.3. The molecule has 0 unspecified atom stereocenters. The topological polar surface area (TPSA) is 46.0 Å². The van der Waals surface area contributed by atoms with Gasteiger partial charge in [0.1, 0.15) is 10.9 Å². The van der Waals surface area contributed by atoms with Crippen LogP contribution in [-0.2, 0) is 0 Å². The van der Waals surface area contributed by atoms with Gasteiger partial charge in [-0.05, 0) is 44.2 Å². The minimum Gasteiger partial charge on any atom is -0.399 e. The molecule has 27 heavy (non-hydrogen) atoms. The van der Waals surface area contributed by atoms with Crippen LogP contribution in [-0.4, -0.2) is 23.0 Å². The first-order valence-electron chi connectivity index (χ1n) is 9.54. The highest BCUT2D eigenvalue weighted by Crippen LogP contribution is 2.13. The highest BCUT2D eigenvalue weighted by molar-refractivity contribution is 5.75. The van der Waals surface area contributed by atoms with Crippen LogP contribution in [0.2, 0.25) is 0 Å². The lowest BCUT2D eigenvalue weighted by molar-refractivity contribution is -0.583. The second-order valence-electron chi connectivity index (χ2n) is 6.71. The number of anilines is 1. The molecule has 4 rings (SSSR count). The van der Waals surface area contributed by atoms with Gasteiger partial charge in [-0.1, -0.05) is 18.2 Å². The van der Waals surface area contributed by atoms with Gasteiger partial charge in [-0.2, -0.15) is 4.57 Å². The molecule has 0 amide bonds. The summed E-state index contributed by atoms with van der Waals surface area (Å²) in [4.78, 5) is 7.31. The molecule has 4 heteroatoms. The number of rotatable bonds is 4. The number of allylic oxidation sites excluding steroid dienone is 2. The number of nitrogens with zero attached hydrogens (tertiary/aromatic N) is 3. The van der Waals surface area contributed by atoms with Crippen molar-refractivity contribution in [3.8, 4) is 5.69 Å². The summed E-state index contributed by atoms with van der Waals surface area (Å²) in [5.41, 5.74) is 11.2. The van der Waals surface area contributed by atoms with E-state index in [1.807, 2.05) is 24.3 Å². The smallest absolute Gasteiger partial charge is 0.239 e. The molecular formula is C23H25N4+. The van der Waals surface area contributed by atoms with Gasteiger partial charge >= 0.3 is 0 Å². The van der Waals surface area contributed by atoms with Crippen molar-refractivity contribution in [3.05, 3.63) is 71.0 Å². The molecule has 0 saturated carbocycles. The average Bonchev–Trinajstić information content (AvgIpc) is 2.91. The minimum atomic E-state index is 0.744. The maximum atomic E-state index is 6.10. The van der Waals surface area contributed by atoms with E-state index in [-0.39, 0.29) is 0 Å². The van der Waals surface area contributed by atoms with E-state index in [2.05, 4.69) is 65.8 Å². The molecule has 2 aromatic carbocycles. The monoisotopic (exact) mass is 357 g/mol. The van der Waals surface area contributed by atoms with Crippen LogP contribution in [0.15, 0.2) is 60.3 Å². The zero-order valence-corrected chi connectivity index (χ0v) is 15.9. The maximum Gasteiger partial charge on any atom is 0.239 e. The maximum absolute atomic E-state index is 6.10. The third-order valence-corrected chi connectivity index (χ3v) is 5.11. The molecular weight excluding hydrogens is 332 g/mol. The summed E-state index contributed by atoms with van der Waals surface area (Å²) in [6.07, 6.45) is 7.52. The fourth-order valence-electron chi connectivity index (χ4n) is 3.73. The van der Waals surface area contributed by atoms with E-state index < -0.39 is 0 Å². The van der Waals surface area contributed by atoms with Crippen LogP contribution in [0.1, 0.15) is 20.3 Å². The summed E-state index contributed by atoms with van der Waals surface area (Å²) < 4.78 is 2.27. The van der Waals surface area contributed by atoms with E-state index in [0.29, 0.717) is 0 Å². The first-order chi connectivity index (χ1) is 13.2. The van der Waals surface area contributed by atoms with E-state index in [9.17, 15) is 0 Å². The van der Waals surface area contributed by atoms with Crippen LogP contribution in [0.5, 0.6) is 0 Å². The molecule has 1 aromatic heterocycles. The Balaban J connectivity index is 2.04. The van der Waals surface area contributed by atoms with Crippen molar-refractivity contribution in [3.63, 3.8) is 0 Å². The Labute approximate surface area is 159 Å². The number of para-hydroxylation sites is 1. The molecule has 2 N–H and O–H groups in total. The molecule has 1 aliphatic rings. The average molecular weight is 357 g/mol. The van der Waals surface area contributed by atoms with E-state index in [0.717, 1.165) is 52.6 Å². The summed E-state index contributed by atoms with van der Waals surface area (Å²) >= 11 is 0. The molecule has 3 aromatic rings. The normalized spacial score (nSPS) is 13.2. The van der Waals surface area contributed by atoms with Crippen molar-refractivity contribution < 1.29 is 4.57 Å². The van der Waals surface area contributed by atoms with Gasteiger partial charge in [-0.15, -0.1) is 0 Å². The second-order valence-corrected chi connectivity index (χ2v) is 6.71. The predicted molar refractivity (Wildman–Crippen MR) is 111 cm³/mol. The van der Waals surface area contributed by atoms with Gasteiger partial charge in [0.05, 0.1) is 0 Å². The van der Waals surface area contributed by atoms with Gasteiger partial charge in [0.15, 0.2) is 0 Å². The number of nitrogen functional groups attached to an aromatic ring is 1. The zero-order chi connectivity index (χ0) is 18.8. The number of hydrogen-bond acceptors (Lipinski definition) is 3. The van der Waals surface area contributed by atoms with Gasteiger partial charge in [-0.3, -0.25) is 0 Å². The SMILES string of the molecule is CCN(CC)C1=CC=c2nc3ccc(N)cc3[n+](-c3ccccc3)c2=CC1. The lowest BCUT2D eigenvalue weighted by atomic mass is 10.2. The molecule has 0 spiro atoms. The van der Waals surface area contributed by atoms with Crippen LogP contribution < -0.4 is 21.0 Å². The summed E-state index contributed by atoms with van der Waals surface area (Å²) in [6.45, 7) is 6.40. The fourth-order valence-corrected chi connectivity index (χ4v) is 3.73. The molecule has 0 saturated heterocycles. The van der Waals surface area contributed by atoms with Gasteiger partial charge < -0.3 is 10.6 Å². The molecule has 4 nitrogen and oxygen atoms in total. The third-order valence-electron chi connectivity index (χ3n) is 5.11. The van der Waals surface area contributed by atoms with Crippen molar-refractivity contribution in [2.45, 2.75) is 20.3 Å². The van der Waals surface area contributed by atoms with E-state index in [1.54, 1.807) is 0 Å². The van der Waals surface area contributed by atoms with Crippen molar-refractivity contribution in [1.29, 1.82) is 0 Å². The van der Waals surface area contributed by atoms with Crippen LogP contribution >= 0.6 is 0 Å². The fraction of sp³-hybridized carbons (Fsp3) is 0.217. The largest absolute Gasteiger partial charge is 0.399 e. The molecule has 136 valence electrons. The molecule has 0 aliphatic heterocycles. The van der Waals surface area contributed by atoms with Crippen molar-refractivity contribution in [2.24, 2.45) is 0 Å². The predicted octanol–water partition coefficient (Wildman–Crippen LogP) is 2.28.